The number of carboxylic acids is 1. The van der Waals surface area contributed by atoms with Crippen LogP contribution in [0.15, 0.2) is 18.2 Å². The lowest BCUT2D eigenvalue weighted by atomic mass is 10.1. The minimum atomic E-state index is -1.10. The fraction of sp³-hybridized carbons (Fsp3) is 0.417. The second-order valence-corrected chi connectivity index (χ2v) is 4.18. The van der Waals surface area contributed by atoms with Gasteiger partial charge in [0.05, 0.1) is 0 Å². The Morgan fingerprint density at radius 3 is 2.65 bits per heavy atom. The zero-order valence-electron chi connectivity index (χ0n) is 9.52. The maximum absolute atomic E-state index is 10.7. The quantitative estimate of drug-likeness (QED) is 0.712. The lowest BCUT2D eigenvalue weighted by molar-refractivity contribution is 0.0693. The van der Waals surface area contributed by atoms with Crippen molar-refractivity contribution in [2.45, 2.75) is 6.54 Å². The summed E-state index contributed by atoms with van der Waals surface area (Å²) in [7, 11) is 0. The van der Waals surface area contributed by atoms with Crippen molar-refractivity contribution in [2.75, 3.05) is 26.2 Å². The van der Waals surface area contributed by atoms with Crippen molar-refractivity contribution >= 4 is 5.97 Å². The van der Waals surface area contributed by atoms with Crippen LogP contribution in [0.2, 0.25) is 0 Å². The molecular formula is C12H16N2O3. The molecule has 1 aliphatic heterocycles. The number of carbonyl (C=O) groups is 1. The largest absolute Gasteiger partial charge is 0.507 e. The van der Waals surface area contributed by atoms with Gasteiger partial charge in [-0.15, -0.1) is 0 Å². The Balaban J connectivity index is 2.06. The van der Waals surface area contributed by atoms with E-state index in [-0.39, 0.29) is 11.3 Å². The molecule has 2 rings (SSSR count). The highest BCUT2D eigenvalue weighted by molar-refractivity contribution is 5.90. The molecule has 5 heteroatoms. The summed E-state index contributed by atoms with van der Waals surface area (Å²) >= 11 is 0. The minimum absolute atomic E-state index is 0.0472. The molecule has 1 aliphatic rings. The predicted molar refractivity (Wildman–Crippen MR) is 63.2 cm³/mol. The molecule has 0 aliphatic carbocycles. The molecule has 0 bridgehead atoms. The smallest absolute Gasteiger partial charge is 0.339 e. The van der Waals surface area contributed by atoms with Crippen LogP contribution in [0.3, 0.4) is 0 Å². The van der Waals surface area contributed by atoms with Gasteiger partial charge in [-0.3, -0.25) is 4.90 Å². The molecular weight excluding hydrogens is 220 g/mol. The van der Waals surface area contributed by atoms with Crippen molar-refractivity contribution < 1.29 is 15.0 Å². The fourth-order valence-corrected chi connectivity index (χ4v) is 1.98. The predicted octanol–water partition coefficient (Wildman–Crippen LogP) is 0.496. The van der Waals surface area contributed by atoms with Crippen LogP contribution < -0.4 is 5.32 Å². The van der Waals surface area contributed by atoms with E-state index in [1.165, 1.54) is 12.1 Å². The Morgan fingerprint density at radius 2 is 2.06 bits per heavy atom. The lowest BCUT2D eigenvalue weighted by Crippen LogP contribution is -2.42. The van der Waals surface area contributed by atoms with E-state index in [0.717, 1.165) is 38.3 Å². The molecule has 1 fully saturated rings. The third-order valence-corrected chi connectivity index (χ3v) is 2.91. The number of nitrogens with one attached hydrogen (secondary N) is 1. The molecule has 17 heavy (non-hydrogen) atoms. The Labute approximate surface area is 99.7 Å². The van der Waals surface area contributed by atoms with Gasteiger partial charge >= 0.3 is 5.97 Å². The normalized spacial score (nSPS) is 16.9. The van der Waals surface area contributed by atoms with E-state index in [9.17, 15) is 9.90 Å². The molecule has 0 aromatic heterocycles. The van der Waals surface area contributed by atoms with Crippen LogP contribution in [0.4, 0.5) is 0 Å². The first-order chi connectivity index (χ1) is 8.16. The zero-order chi connectivity index (χ0) is 12.3. The standard InChI is InChI=1S/C12H16N2O3/c15-11-7-9(1-2-10(11)12(16)17)8-14-5-3-13-4-6-14/h1-2,7,13,15H,3-6,8H2,(H,16,17). The van der Waals surface area contributed by atoms with E-state index in [4.69, 9.17) is 5.11 Å². The van der Waals surface area contributed by atoms with Crippen molar-refractivity contribution in [1.82, 2.24) is 10.2 Å². The van der Waals surface area contributed by atoms with Crippen LogP contribution in [0.1, 0.15) is 15.9 Å². The molecule has 5 nitrogen and oxygen atoms in total. The summed E-state index contributed by atoms with van der Waals surface area (Å²) in [5.74, 6) is -1.26. The Bertz CT molecular complexity index is 414. The van der Waals surface area contributed by atoms with Crippen LogP contribution in [0, 0.1) is 0 Å². The molecule has 0 unspecified atom stereocenters. The minimum Gasteiger partial charge on any atom is -0.507 e. The maximum atomic E-state index is 10.7. The third-order valence-electron chi connectivity index (χ3n) is 2.91. The molecule has 1 aromatic rings. The Hall–Kier alpha value is -1.59. The maximum Gasteiger partial charge on any atom is 0.339 e. The number of carboxylic acid groups (broad SMARTS) is 1. The van der Waals surface area contributed by atoms with Gasteiger partial charge in [-0.2, -0.15) is 0 Å². The van der Waals surface area contributed by atoms with Crippen molar-refractivity contribution in [3.8, 4) is 5.75 Å². The SMILES string of the molecule is O=C(O)c1ccc(CN2CCNCC2)cc1O. The first-order valence-corrected chi connectivity index (χ1v) is 5.65. The van der Waals surface area contributed by atoms with Gasteiger partial charge in [-0.25, -0.2) is 4.79 Å². The lowest BCUT2D eigenvalue weighted by Gasteiger charge is -2.27. The molecule has 0 spiro atoms. The fourth-order valence-electron chi connectivity index (χ4n) is 1.98. The zero-order valence-corrected chi connectivity index (χ0v) is 9.52. The van der Waals surface area contributed by atoms with Gasteiger partial charge in [0.1, 0.15) is 11.3 Å². The highest BCUT2D eigenvalue weighted by atomic mass is 16.4. The highest BCUT2D eigenvalue weighted by Gasteiger charge is 2.13. The molecule has 92 valence electrons. The third kappa shape index (κ3) is 2.95. The summed E-state index contributed by atoms with van der Waals surface area (Å²) in [4.78, 5) is 13.0. The number of rotatable bonds is 3. The van der Waals surface area contributed by atoms with Crippen LogP contribution in [0.5, 0.6) is 5.75 Å². The van der Waals surface area contributed by atoms with Gasteiger partial charge in [0.2, 0.25) is 0 Å². The number of nitrogens with zero attached hydrogens (tertiary/aromatic N) is 1. The second kappa shape index (κ2) is 5.16. The number of hydrogen-bond donors (Lipinski definition) is 3. The van der Waals surface area contributed by atoms with Gasteiger partial charge < -0.3 is 15.5 Å². The van der Waals surface area contributed by atoms with Gasteiger partial charge in [-0.05, 0) is 17.7 Å². The van der Waals surface area contributed by atoms with Gasteiger partial charge in [0.25, 0.3) is 0 Å². The molecule has 1 heterocycles. The number of phenols is 1. The molecule has 0 amide bonds. The van der Waals surface area contributed by atoms with E-state index < -0.39 is 5.97 Å². The molecule has 0 atom stereocenters. The summed E-state index contributed by atoms with van der Waals surface area (Å²) in [6, 6.07) is 4.74. The molecule has 0 radical (unpaired) electrons. The van der Waals surface area contributed by atoms with Crippen LogP contribution in [0.25, 0.3) is 0 Å². The van der Waals surface area contributed by atoms with E-state index >= 15 is 0 Å². The van der Waals surface area contributed by atoms with Crippen LogP contribution in [-0.4, -0.2) is 47.3 Å². The van der Waals surface area contributed by atoms with Crippen molar-refractivity contribution in [1.29, 1.82) is 0 Å². The van der Waals surface area contributed by atoms with Crippen LogP contribution in [-0.2, 0) is 6.54 Å². The van der Waals surface area contributed by atoms with E-state index in [2.05, 4.69) is 10.2 Å². The van der Waals surface area contributed by atoms with Crippen molar-refractivity contribution in [3.63, 3.8) is 0 Å². The Kier molecular flexibility index (Phi) is 3.61. The highest BCUT2D eigenvalue weighted by Crippen LogP contribution is 2.19. The monoisotopic (exact) mass is 236 g/mol. The molecule has 3 N–H and O–H groups in total. The van der Waals surface area contributed by atoms with Gasteiger partial charge in [-0.1, -0.05) is 6.07 Å². The Morgan fingerprint density at radius 1 is 1.35 bits per heavy atom. The summed E-state index contributed by atoms with van der Waals surface area (Å²) in [5, 5.41) is 21.6. The summed E-state index contributed by atoms with van der Waals surface area (Å²) in [5.41, 5.74) is 0.892. The first-order valence-electron chi connectivity index (χ1n) is 5.65. The molecule has 1 saturated heterocycles. The van der Waals surface area contributed by atoms with Crippen molar-refractivity contribution in [3.05, 3.63) is 29.3 Å². The first kappa shape index (κ1) is 11.9. The second-order valence-electron chi connectivity index (χ2n) is 4.18. The number of piperazine rings is 1. The van der Waals surface area contributed by atoms with Gasteiger partial charge in [0.15, 0.2) is 0 Å². The van der Waals surface area contributed by atoms with E-state index in [1.807, 2.05) is 0 Å². The summed E-state index contributed by atoms with van der Waals surface area (Å²) in [6.45, 7) is 4.64. The average molecular weight is 236 g/mol. The van der Waals surface area contributed by atoms with Crippen LogP contribution >= 0.6 is 0 Å². The van der Waals surface area contributed by atoms with Crippen molar-refractivity contribution in [2.24, 2.45) is 0 Å². The number of aromatic hydroxyl groups is 1. The summed E-state index contributed by atoms with van der Waals surface area (Å²) < 4.78 is 0. The summed E-state index contributed by atoms with van der Waals surface area (Å²) in [6.07, 6.45) is 0. The van der Waals surface area contributed by atoms with E-state index in [1.54, 1.807) is 6.07 Å². The molecule has 0 saturated carbocycles. The van der Waals surface area contributed by atoms with Gasteiger partial charge in [0, 0.05) is 32.7 Å². The topological polar surface area (TPSA) is 72.8 Å². The molecule has 1 aromatic carbocycles. The number of hydrogen-bond acceptors (Lipinski definition) is 4. The number of aromatic carboxylic acids is 1. The van der Waals surface area contributed by atoms with E-state index in [0.29, 0.717) is 0 Å². The average Bonchev–Trinajstić information content (AvgIpc) is 2.30. The number of benzene rings is 1.